The first kappa shape index (κ1) is 13.4. The number of benzene rings is 2. The lowest BCUT2D eigenvalue weighted by Crippen LogP contribution is -1.93. The summed E-state index contributed by atoms with van der Waals surface area (Å²) in [6.45, 7) is 0.135. The first-order chi connectivity index (χ1) is 10.2. The minimum absolute atomic E-state index is 0.0912. The van der Waals surface area contributed by atoms with E-state index in [9.17, 15) is 10.2 Å². The maximum absolute atomic E-state index is 9.87. The molecule has 5 heteroatoms. The van der Waals surface area contributed by atoms with Crippen LogP contribution in [0.3, 0.4) is 0 Å². The highest BCUT2D eigenvalue weighted by Gasteiger charge is 2.18. The van der Waals surface area contributed by atoms with Crippen LogP contribution in [0.25, 0.3) is 0 Å². The molecule has 5 nitrogen and oxygen atoms in total. The Bertz CT molecular complexity index is 666. The molecule has 21 heavy (non-hydrogen) atoms. The molecule has 1 aliphatic heterocycles. The molecule has 0 atom stereocenters. The lowest BCUT2D eigenvalue weighted by atomic mass is 10.0. The molecule has 2 N–H and O–H groups in total. The lowest BCUT2D eigenvalue weighted by Gasteiger charge is -2.08. The Morgan fingerprint density at radius 3 is 2.52 bits per heavy atom. The predicted molar refractivity (Wildman–Crippen MR) is 76.3 cm³/mol. The van der Waals surface area contributed by atoms with E-state index in [0.717, 1.165) is 11.1 Å². The van der Waals surface area contributed by atoms with Gasteiger partial charge in [-0.15, -0.1) is 0 Å². The van der Waals surface area contributed by atoms with Gasteiger partial charge in [-0.25, -0.2) is 0 Å². The van der Waals surface area contributed by atoms with E-state index in [1.54, 1.807) is 25.3 Å². The molecule has 1 aliphatic rings. The first-order valence-electron chi connectivity index (χ1n) is 6.64. The Morgan fingerprint density at radius 2 is 1.76 bits per heavy atom. The number of rotatable bonds is 4. The van der Waals surface area contributed by atoms with Gasteiger partial charge in [0, 0.05) is 6.07 Å². The molecular formula is C16H16O5. The van der Waals surface area contributed by atoms with Crippen LogP contribution < -0.4 is 14.2 Å². The summed E-state index contributed by atoms with van der Waals surface area (Å²) in [4.78, 5) is 0. The van der Waals surface area contributed by atoms with Crippen LogP contribution in [0.4, 0.5) is 0 Å². The Morgan fingerprint density at radius 1 is 1.00 bits per heavy atom. The summed E-state index contributed by atoms with van der Waals surface area (Å²) in [7, 11) is 1.56. The largest absolute Gasteiger partial charge is 0.508 e. The highest BCUT2D eigenvalue weighted by molar-refractivity contribution is 5.54. The molecule has 0 unspecified atom stereocenters. The molecule has 0 fully saturated rings. The smallest absolute Gasteiger partial charge is 0.231 e. The minimum atomic E-state index is 0.0912. The molecule has 1 heterocycles. The zero-order chi connectivity index (χ0) is 14.8. The van der Waals surface area contributed by atoms with E-state index in [4.69, 9.17) is 14.2 Å². The lowest BCUT2D eigenvalue weighted by molar-refractivity contribution is 0.171. The van der Waals surface area contributed by atoms with Crippen molar-refractivity contribution in [2.45, 2.75) is 12.8 Å². The van der Waals surface area contributed by atoms with Gasteiger partial charge < -0.3 is 24.4 Å². The van der Waals surface area contributed by atoms with Gasteiger partial charge in [0.15, 0.2) is 11.5 Å². The zero-order valence-electron chi connectivity index (χ0n) is 11.6. The van der Waals surface area contributed by atoms with Gasteiger partial charge in [-0.3, -0.25) is 0 Å². The summed E-state index contributed by atoms with van der Waals surface area (Å²) in [6, 6.07) is 8.69. The highest BCUT2D eigenvalue weighted by Crippen LogP contribution is 2.41. The molecule has 0 saturated carbocycles. The van der Waals surface area contributed by atoms with Crippen LogP contribution in [-0.4, -0.2) is 24.1 Å². The quantitative estimate of drug-likeness (QED) is 0.905. The Balaban J connectivity index is 1.76. The number of phenolic OH excluding ortho intramolecular Hbond substituents is 2. The van der Waals surface area contributed by atoms with Gasteiger partial charge >= 0.3 is 0 Å². The number of aryl methyl sites for hydroxylation is 2. The second-order valence-corrected chi connectivity index (χ2v) is 4.89. The van der Waals surface area contributed by atoms with Crippen molar-refractivity contribution in [2.75, 3.05) is 13.9 Å². The van der Waals surface area contributed by atoms with Crippen molar-refractivity contribution >= 4 is 0 Å². The van der Waals surface area contributed by atoms with Crippen LogP contribution in [0.2, 0.25) is 0 Å². The second-order valence-electron chi connectivity index (χ2n) is 4.89. The topological polar surface area (TPSA) is 68.2 Å². The van der Waals surface area contributed by atoms with Gasteiger partial charge in [0.25, 0.3) is 0 Å². The summed E-state index contributed by atoms with van der Waals surface area (Å²) in [5, 5.41) is 19.5. The van der Waals surface area contributed by atoms with Crippen LogP contribution in [0.1, 0.15) is 11.1 Å². The van der Waals surface area contributed by atoms with Crippen LogP contribution >= 0.6 is 0 Å². The molecule has 0 bridgehead atoms. The number of ether oxygens (including phenoxy) is 3. The van der Waals surface area contributed by atoms with E-state index < -0.39 is 0 Å². The molecule has 0 aromatic heterocycles. The number of hydrogen-bond donors (Lipinski definition) is 2. The average molecular weight is 288 g/mol. The van der Waals surface area contributed by atoms with E-state index in [1.807, 2.05) is 12.1 Å². The van der Waals surface area contributed by atoms with Gasteiger partial charge in [-0.05, 0) is 48.2 Å². The molecule has 2 aromatic rings. The van der Waals surface area contributed by atoms with Crippen molar-refractivity contribution in [3.05, 3.63) is 41.5 Å². The molecular weight excluding hydrogens is 272 g/mol. The second kappa shape index (κ2) is 5.44. The number of fused-ring (bicyclic) bond motifs is 1. The van der Waals surface area contributed by atoms with Crippen molar-refractivity contribution in [1.29, 1.82) is 0 Å². The van der Waals surface area contributed by atoms with Crippen molar-refractivity contribution < 1.29 is 24.4 Å². The maximum atomic E-state index is 9.87. The van der Waals surface area contributed by atoms with Crippen molar-refractivity contribution in [3.8, 4) is 28.7 Å². The summed E-state index contributed by atoms with van der Waals surface area (Å²) in [5.74, 6) is 1.86. The standard InChI is InChI=1S/C16H16O5/c1-19-13-5-10(4-12(17)8-13)2-3-11-6-14(18)16-15(7-11)20-9-21-16/h4-8,17-18H,2-3,9H2,1H3. The highest BCUT2D eigenvalue weighted by atomic mass is 16.7. The Hall–Kier alpha value is -2.56. The van der Waals surface area contributed by atoms with Gasteiger partial charge in [0.1, 0.15) is 11.5 Å². The molecule has 0 spiro atoms. The summed E-state index contributed by atoms with van der Waals surface area (Å²) in [5.41, 5.74) is 1.91. The fourth-order valence-corrected chi connectivity index (χ4v) is 2.39. The Kier molecular flexibility index (Phi) is 3.48. The molecule has 0 saturated heterocycles. The van der Waals surface area contributed by atoms with Gasteiger partial charge in [-0.1, -0.05) is 0 Å². The van der Waals surface area contributed by atoms with Crippen molar-refractivity contribution in [3.63, 3.8) is 0 Å². The maximum Gasteiger partial charge on any atom is 0.231 e. The van der Waals surface area contributed by atoms with Gasteiger partial charge in [0.2, 0.25) is 12.5 Å². The monoisotopic (exact) mass is 288 g/mol. The van der Waals surface area contributed by atoms with Crippen LogP contribution in [0.15, 0.2) is 30.3 Å². The minimum Gasteiger partial charge on any atom is -0.508 e. The van der Waals surface area contributed by atoms with Crippen molar-refractivity contribution in [1.82, 2.24) is 0 Å². The van der Waals surface area contributed by atoms with Crippen molar-refractivity contribution in [2.24, 2.45) is 0 Å². The zero-order valence-corrected chi connectivity index (χ0v) is 11.6. The third-order valence-electron chi connectivity index (χ3n) is 3.40. The first-order valence-corrected chi connectivity index (χ1v) is 6.64. The van der Waals surface area contributed by atoms with E-state index in [2.05, 4.69) is 0 Å². The molecule has 110 valence electrons. The summed E-state index contributed by atoms with van der Waals surface area (Å²) in [6.07, 6.45) is 1.42. The van der Waals surface area contributed by atoms with E-state index in [0.29, 0.717) is 30.1 Å². The number of methoxy groups -OCH3 is 1. The van der Waals surface area contributed by atoms with E-state index >= 15 is 0 Å². The van der Waals surface area contributed by atoms with E-state index in [-0.39, 0.29) is 18.3 Å². The molecule has 0 amide bonds. The number of aromatic hydroxyl groups is 2. The van der Waals surface area contributed by atoms with Crippen LogP contribution in [0, 0.1) is 0 Å². The van der Waals surface area contributed by atoms with Gasteiger partial charge in [-0.2, -0.15) is 0 Å². The molecule has 0 aliphatic carbocycles. The molecule has 2 aromatic carbocycles. The number of phenols is 2. The summed E-state index contributed by atoms with van der Waals surface area (Å²) < 4.78 is 15.6. The molecule has 3 rings (SSSR count). The average Bonchev–Trinajstić information content (AvgIpc) is 2.93. The number of hydrogen-bond acceptors (Lipinski definition) is 5. The third-order valence-corrected chi connectivity index (χ3v) is 3.40. The van der Waals surface area contributed by atoms with Crippen LogP contribution in [-0.2, 0) is 12.8 Å². The third kappa shape index (κ3) is 2.81. The predicted octanol–water partition coefficient (Wildman–Crippen LogP) is 2.62. The normalized spacial score (nSPS) is 12.4. The SMILES string of the molecule is COc1cc(O)cc(CCc2cc(O)c3c(c2)OCO3)c1. The van der Waals surface area contributed by atoms with Gasteiger partial charge in [0.05, 0.1) is 7.11 Å². The Labute approximate surface area is 122 Å². The fraction of sp³-hybridized carbons (Fsp3) is 0.250. The molecule has 0 radical (unpaired) electrons. The van der Waals surface area contributed by atoms with Crippen LogP contribution in [0.5, 0.6) is 28.7 Å². The fourth-order valence-electron chi connectivity index (χ4n) is 2.39. The van der Waals surface area contributed by atoms with E-state index in [1.165, 1.54) is 0 Å². The summed E-state index contributed by atoms with van der Waals surface area (Å²) >= 11 is 0.